The molecule has 2 aliphatic heterocycles. The number of aryl methyl sites for hydroxylation is 2. The van der Waals surface area contributed by atoms with Gasteiger partial charge in [-0.3, -0.25) is 9.59 Å². The Kier molecular flexibility index (Phi) is 4.80. The summed E-state index contributed by atoms with van der Waals surface area (Å²) in [5, 5.41) is 0. The number of amides is 2. The lowest BCUT2D eigenvalue weighted by molar-refractivity contribution is -0.142. The molecule has 0 radical (unpaired) electrons. The number of piperazine rings is 1. The van der Waals surface area contributed by atoms with Crippen molar-refractivity contribution in [2.24, 2.45) is 0 Å². The fourth-order valence-corrected chi connectivity index (χ4v) is 4.04. The number of aromatic nitrogens is 1. The van der Waals surface area contributed by atoms with E-state index in [1.165, 1.54) is 0 Å². The first-order chi connectivity index (χ1) is 12.7. The van der Waals surface area contributed by atoms with E-state index >= 15 is 0 Å². The molecule has 7 heteroatoms. The molecular formula is C19H25N3O4. The lowest BCUT2D eigenvalue weighted by atomic mass is 10.1. The third-order valence-corrected chi connectivity index (χ3v) is 5.52. The average molecular weight is 359 g/mol. The molecule has 0 spiro atoms. The topological polar surface area (TPSA) is 72.0 Å². The highest BCUT2D eigenvalue weighted by atomic mass is 16.5. The Bertz CT molecular complexity index is 707. The molecule has 4 rings (SSSR count). The zero-order valence-corrected chi connectivity index (χ0v) is 15.2. The van der Waals surface area contributed by atoms with E-state index in [0.29, 0.717) is 44.2 Å². The lowest BCUT2D eigenvalue weighted by Gasteiger charge is -2.35. The van der Waals surface area contributed by atoms with E-state index in [1.807, 2.05) is 11.0 Å². The zero-order chi connectivity index (χ0) is 18.1. The van der Waals surface area contributed by atoms with Crippen LogP contribution in [-0.4, -0.2) is 72.6 Å². The van der Waals surface area contributed by atoms with Crippen LogP contribution >= 0.6 is 0 Å². The summed E-state index contributed by atoms with van der Waals surface area (Å²) < 4.78 is 10.9. The van der Waals surface area contributed by atoms with Gasteiger partial charge in [0, 0.05) is 38.5 Å². The molecule has 0 unspecified atom stereocenters. The second kappa shape index (κ2) is 7.23. The summed E-state index contributed by atoms with van der Waals surface area (Å²) in [5.41, 5.74) is 2.73. The Labute approximate surface area is 153 Å². The molecule has 0 aromatic carbocycles. The van der Waals surface area contributed by atoms with Crippen molar-refractivity contribution in [1.29, 1.82) is 0 Å². The summed E-state index contributed by atoms with van der Waals surface area (Å²) >= 11 is 0. The van der Waals surface area contributed by atoms with Crippen LogP contribution in [0.5, 0.6) is 5.88 Å². The minimum atomic E-state index is -0.293. The Morgan fingerprint density at radius 2 is 1.92 bits per heavy atom. The number of hydrogen-bond donors (Lipinski definition) is 0. The number of hydrogen-bond acceptors (Lipinski definition) is 5. The van der Waals surface area contributed by atoms with Gasteiger partial charge in [0.25, 0.3) is 11.8 Å². The van der Waals surface area contributed by atoms with Crippen LogP contribution in [0.3, 0.4) is 0 Å². The molecule has 1 atom stereocenters. The Morgan fingerprint density at radius 1 is 1.15 bits per heavy atom. The van der Waals surface area contributed by atoms with E-state index in [-0.39, 0.29) is 17.9 Å². The normalized spacial score (nSPS) is 22.4. The summed E-state index contributed by atoms with van der Waals surface area (Å²) in [4.78, 5) is 33.6. The second-order valence-electron chi connectivity index (χ2n) is 7.12. The van der Waals surface area contributed by atoms with Crippen molar-refractivity contribution < 1.29 is 19.1 Å². The predicted molar refractivity (Wildman–Crippen MR) is 94.3 cm³/mol. The first kappa shape index (κ1) is 17.3. The van der Waals surface area contributed by atoms with Gasteiger partial charge in [-0.1, -0.05) is 0 Å². The standard InChI is InChI=1S/C19H25N3O4/c1-25-17-14(12-13-4-2-5-15(13)20-17)18(23)21-7-9-22(10-8-21)19(24)16-6-3-11-26-16/h12,16H,2-11H2,1H3/t16-/m0/s1. The van der Waals surface area contributed by atoms with Crippen LogP contribution in [0.2, 0.25) is 0 Å². The van der Waals surface area contributed by atoms with Crippen molar-refractivity contribution in [3.05, 3.63) is 22.9 Å². The molecule has 2 saturated heterocycles. The monoisotopic (exact) mass is 359 g/mol. The average Bonchev–Trinajstić information content (AvgIpc) is 3.37. The van der Waals surface area contributed by atoms with Gasteiger partial charge >= 0.3 is 0 Å². The van der Waals surface area contributed by atoms with Crippen LogP contribution in [0.4, 0.5) is 0 Å². The van der Waals surface area contributed by atoms with Crippen LogP contribution in [0.25, 0.3) is 0 Å². The molecular weight excluding hydrogens is 334 g/mol. The third-order valence-electron chi connectivity index (χ3n) is 5.52. The highest BCUT2D eigenvalue weighted by Crippen LogP contribution is 2.27. The van der Waals surface area contributed by atoms with Gasteiger partial charge in [-0.25, -0.2) is 4.98 Å². The fraction of sp³-hybridized carbons (Fsp3) is 0.632. The van der Waals surface area contributed by atoms with E-state index in [1.54, 1.807) is 12.0 Å². The summed E-state index contributed by atoms with van der Waals surface area (Å²) in [6, 6.07) is 1.94. The van der Waals surface area contributed by atoms with Crippen molar-refractivity contribution in [1.82, 2.24) is 14.8 Å². The Hall–Kier alpha value is -2.15. The summed E-state index contributed by atoms with van der Waals surface area (Å²) in [6.45, 7) is 2.81. The van der Waals surface area contributed by atoms with Crippen molar-refractivity contribution in [3.8, 4) is 5.88 Å². The predicted octanol–water partition coefficient (Wildman–Crippen LogP) is 1.04. The number of nitrogens with zero attached hydrogens (tertiary/aromatic N) is 3. The van der Waals surface area contributed by atoms with Crippen molar-refractivity contribution in [2.45, 2.75) is 38.2 Å². The van der Waals surface area contributed by atoms with E-state index in [4.69, 9.17) is 9.47 Å². The maximum atomic E-state index is 13.0. The quantitative estimate of drug-likeness (QED) is 0.806. The smallest absolute Gasteiger partial charge is 0.259 e. The molecule has 140 valence electrons. The van der Waals surface area contributed by atoms with Gasteiger partial charge in [0.1, 0.15) is 11.7 Å². The highest BCUT2D eigenvalue weighted by molar-refractivity contribution is 5.97. The van der Waals surface area contributed by atoms with Gasteiger partial charge in [0.2, 0.25) is 5.88 Å². The van der Waals surface area contributed by atoms with E-state index < -0.39 is 0 Å². The minimum Gasteiger partial charge on any atom is -0.480 e. The maximum absolute atomic E-state index is 13.0. The molecule has 1 aliphatic carbocycles. The Morgan fingerprint density at radius 3 is 2.62 bits per heavy atom. The van der Waals surface area contributed by atoms with Gasteiger partial charge in [0.15, 0.2) is 0 Å². The number of fused-ring (bicyclic) bond motifs is 1. The molecule has 2 amide bonds. The van der Waals surface area contributed by atoms with Crippen LogP contribution in [0.1, 0.15) is 40.9 Å². The summed E-state index contributed by atoms with van der Waals surface area (Å²) in [5.74, 6) is 0.410. The molecule has 0 saturated carbocycles. The highest BCUT2D eigenvalue weighted by Gasteiger charge is 2.32. The SMILES string of the molecule is COc1nc2c(cc1C(=O)N1CCN(C(=O)[C@@H]3CCCO3)CC1)CCC2. The Balaban J connectivity index is 1.43. The lowest BCUT2D eigenvalue weighted by Crippen LogP contribution is -2.52. The molecule has 7 nitrogen and oxygen atoms in total. The van der Waals surface area contributed by atoms with Crippen molar-refractivity contribution in [3.63, 3.8) is 0 Å². The van der Waals surface area contributed by atoms with Gasteiger partial charge in [-0.15, -0.1) is 0 Å². The van der Waals surface area contributed by atoms with Crippen molar-refractivity contribution in [2.75, 3.05) is 39.9 Å². The molecule has 26 heavy (non-hydrogen) atoms. The number of carbonyl (C=O) groups is 2. The van der Waals surface area contributed by atoms with Crippen molar-refractivity contribution >= 4 is 11.8 Å². The molecule has 3 aliphatic rings. The van der Waals surface area contributed by atoms with Crippen LogP contribution in [0.15, 0.2) is 6.07 Å². The first-order valence-corrected chi connectivity index (χ1v) is 9.44. The number of pyridine rings is 1. The van der Waals surface area contributed by atoms with E-state index in [0.717, 1.165) is 43.4 Å². The molecule has 0 bridgehead atoms. The van der Waals surface area contributed by atoms with Gasteiger partial charge in [0.05, 0.1) is 7.11 Å². The fourth-order valence-electron chi connectivity index (χ4n) is 4.04. The van der Waals surface area contributed by atoms with Crippen LogP contribution < -0.4 is 4.74 Å². The zero-order valence-electron chi connectivity index (χ0n) is 15.2. The van der Waals surface area contributed by atoms with Crippen LogP contribution in [0, 0.1) is 0 Å². The van der Waals surface area contributed by atoms with Gasteiger partial charge in [-0.05, 0) is 43.7 Å². The van der Waals surface area contributed by atoms with E-state index in [9.17, 15) is 9.59 Å². The summed E-state index contributed by atoms with van der Waals surface area (Å²) in [6.07, 6.45) is 4.45. The number of ether oxygens (including phenoxy) is 2. The third kappa shape index (κ3) is 3.16. The van der Waals surface area contributed by atoms with Gasteiger partial charge in [-0.2, -0.15) is 0 Å². The number of carbonyl (C=O) groups excluding carboxylic acids is 2. The first-order valence-electron chi connectivity index (χ1n) is 9.44. The molecule has 2 fully saturated rings. The minimum absolute atomic E-state index is 0.0615. The number of methoxy groups -OCH3 is 1. The van der Waals surface area contributed by atoms with Crippen LogP contribution in [-0.2, 0) is 22.4 Å². The molecule has 3 heterocycles. The molecule has 1 aromatic rings. The largest absolute Gasteiger partial charge is 0.480 e. The molecule has 0 N–H and O–H groups in total. The van der Waals surface area contributed by atoms with Gasteiger partial charge < -0.3 is 19.3 Å². The number of rotatable bonds is 3. The molecule has 1 aromatic heterocycles. The maximum Gasteiger partial charge on any atom is 0.259 e. The van der Waals surface area contributed by atoms with E-state index in [2.05, 4.69) is 4.98 Å². The summed E-state index contributed by atoms with van der Waals surface area (Å²) in [7, 11) is 1.55. The second-order valence-corrected chi connectivity index (χ2v) is 7.12.